The number of hydrogen-bond acceptors (Lipinski definition) is 1. The van der Waals surface area contributed by atoms with Gasteiger partial charge in [0.15, 0.2) is 0 Å². The second-order valence-electron chi connectivity index (χ2n) is 3.77. The fourth-order valence-electron chi connectivity index (χ4n) is 1.64. The molecule has 0 amide bonds. The van der Waals surface area contributed by atoms with E-state index in [0.717, 1.165) is 18.5 Å². The van der Waals surface area contributed by atoms with Crippen molar-refractivity contribution in [2.45, 2.75) is 38.0 Å². The Kier molecular flexibility index (Phi) is 4.27. The van der Waals surface area contributed by atoms with E-state index in [-0.39, 0.29) is 5.38 Å². The largest absolute Gasteiger partial charge is 0.398 e. The van der Waals surface area contributed by atoms with Crippen molar-refractivity contribution in [2.75, 3.05) is 5.73 Å². The first kappa shape index (κ1) is 11.4. The van der Waals surface area contributed by atoms with E-state index in [2.05, 4.69) is 19.9 Å². The van der Waals surface area contributed by atoms with Crippen molar-refractivity contribution in [3.63, 3.8) is 0 Å². The van der Waals surface area contributed by atoms with Crippen LogP contribution in [0.4, 0.5) is 5.69 Å². The van der Waals surface area contributed by atoms with E-state index >= 15 is 0 Å². The molecule has 2 atom stereocenters. The normalized spacial score (nSPS) is 15.1. The molecule has 78 valence electrons. The molecule has 1 aromatic carbocycles. The van der Waals surface area contributed by atoms with Crippen LogP contribution in [0.1, 0.15) is 38.2 Å². The summed E-state index contributed by atoms with van der Waals surface area (Å²) in [6.45, 7) is 4.29. The Morgan fingerprint density at radius 1 is 1.36 bits per heavy atom. The van der Waals surface area contributed by atoms with Crippen LogP contribution < -0.4 is 5.73 Å². The zero-order valence-electron chi connectivity index (χ0n) is 8.83. The van der Waals surface area contributed by atoms with Gasteiger partial charge in [-0.2, -0.15) is 0 Å². The molecule has 14 heavy (non-hydrogen) atoms. The van der Waals surface area contributed by atoms with Crippen molar-refractivity contribution in [1.29, 1.82) is 0 Å². The molecule has 0 aliphatic rings. The number of rotatable bonds is 4. The van der Waals surface area contributed by atoms with Crippen LogP contribution in [0.2, 0.25) is 0 Å². The van der Waals surface area contributed by atoms with Gasteiger partial charge in [0.25, 0.3) is 0 Å². The Morgan fingerprint density at radius 2 is 2.00 bits per heavy atom. The summed E-state index contributed by atoms with van der Waals surface area (Å²) in [6, 6.07) is 8.02. The Labute approximate surface area is 91.3 Å². The van der Waals surface area contributed by atoms with Crippen molar-refractivity contribution >= 4 is 17.3 Å². The van der Waals surface area contributed by atoms with E-state index in [0.29, 0.717) is 5.92 Å². The molecule has 0 saturated carbocycles. The summed E-state index contributed by atoms with van der Waals surface area (Å²) in [6.07, 6.45) is 2.00. The summed E-state index contributed by atoms with van der Waals surface area (Å²) < 4.78 is 0. The third-order valence-corrected chi connectivity index (χ3v) is 3.07. The molecule has 0 saturated heterocycles. The molecular formula is C12H18ClN. The lowest BCUT2D eigenvalue weighted by molar-refractivity contribution is 0.633. The van der Waals surface area contributed by atoms with Crippen LogP contribution in [0, 0.1) is 0 Å². The van der Waals surface area contributed by atoms with E-state index in [1.807, 2.05) is 18.2 Å². The molecule has 1 aromatic rings. The third-order valence-electron chi connectivity index (χ3n) is 2.58. The first-order chi connectivity index (χ1) is 6.65. The van der Waals surface area contributed by atoms with Crippen LogP contribution in [0.15, 0.2) is 24.3 Å². The smallest absolute Gasteiger partial charge is 0.0349 e. The van der Waals surface area contributed by atoms with Crippen molar-refractivity contribution < 1.29 is 0 Å². The molecule has 0 fully saturated rings. The second kappa shape index (κ2) is 5.26. The molecule has 0 bridgehead atoms. The monoisotopic (exact) mass is 211 g/mol. The summed E-state index contributed by atoms with van der Waals surface area (Å²) in [5, 5.41) is 0.254. The van der Waals surface area contributed by atoms with Gasteiger partial charge >= 0.3 is 0 Å². The number of nitrogens with two attached hydrogens (primary N) is 1. The Morgan fingerprint density at radius 3 is 2.57 bits per heavy atom. The maximum absolute atomic E-state index is 6.12. The van der Waals surface area contributed by atoms with Gasteiger partial charge in [-0.25, -0.2) is 0 Å². The summed E-state index contributed by atoms with van der Waals surface area (Å²) in [5.74, 6) is 0.443. The third kappa shape index (κ3) is 2.91. The van der Waals surface area contributed by atoms with Crippen LogP contribution in [0.5, 0.6) is 0 Å². The summed E-state index contributed by atoms with van der Waals surface area (Å²) in [7, 11) is 0. The van der Waals surface area contributed by atoms with Gasteiger partial charge < -0.3 is 5.73 Å². The highest BCUT2D eigenvalue weighted by molar-refractivity contribution is 6.20. The van der Waals surface area contributed by atoms with Crippen LogP contribution >= 0.6 is 11.6 Å². The van der Waals surface area contributed by atoms with Crippen LogP contribution in [0.25, 0.3) is 0 Å². The predicted octanol–water partition coefficient (Wildman–Crippen LogP) is 3.78. The number of para-hydroxylation sites is 1. The van der Waals surface area contributed by atoms with Gasteiger partial charge in [0, 0.05) is 11.1 Å². The first-order valence-corrected chi connectivity index (χ1v) is 5.57. The van der Waals surface area contributed by atoms with Crippen LogP contribution in [-0.4, -0.2) is 5.38 Å². The Bertz CT molecular complexity index is 285. The molecule has 2 unspecified atom stereocenters. The maximum Gasteiger partial charge on any atom is 0.0349 e. The summed E-state index contributed by atoms with van der Waals surface area (Å²) in [5.41, 5.74) is 7.98. The van der Waals surface area contributed by atoms with Gasteiger partial charge in [-0.1, -0.05) is 32.0 Å². The van der Waals surface area contributed by atoms with E-state index in [9.17, 15) is 0 Å². The molecule has 0 aromatic heterocycles. The molecule has 0 spiro atoms. The molecule has 2 heteroatoms. The highest BCUT2D eigenvalue weighted by Gasteiger charge is 2.12. The van der Waals surface area contributed by atoms with E-state index < -0.39 is 0 Å². The quantitative estimate of drug-likeness (QED) is 0.596. The van der Waals surface area contributed by atoms with E-state index in [1.165, 1.54) is 5.56 Å². The molecule has 0 aliphatic heterocycles. The Hall–Kier alpha value is -0.690. The zero-order chi connectivity index (χ0) is 10.6. The lowest BCUT2D eigenvalue weighted by Gasteiger charge is -2.16. The molecule has 2 N–H and O–H groups in total. The van der Waals surface area contributed by atoms with Crippen molar-refractivity contribution in [3.05, 3.63) is 29.8 Å². The number of alkyl halides is 1. The van der Waals surface area contributed by atoms with Crippen molar-refractivity contribution in [2.24, 2.45) is 0 Å². The molecular weight excluding hydrogens is 194 g/mol. The van der Waals surface area contributed by atoms with Crippen molar-refractivity contribution in [1.82, 2.24) is 0 Å². The number of benzene rings is 1. The standard InChI is InChI=1S/C12H18ClN/c1-3-10(13)8-9(2)11-6-4-5-7-12(11)14/h4-7,9-10H,3,8,14H2,1-2H3. The number of anilines is 1. The van der Waals surface area contributed by atoms with Gasteiger partial charge in [-0.15, -0.1) is 11.6 Å². The molecule has 0 radical (unpaired) electrons. The summed E-state index contributed by atoms with van der Waals surface area (Å²) in [4.78, 5) is 0. The SMILES string of the molecule is CCC(Cl)CC(C)c1ccccc1N. The van der Waals surface area contributed by atoms with E-state index in [1.54, 1.807) is 0 Å². The maximum atomic E-state index is 6.12. The number of halogens is 1. The second-order valence-corrected chi connectivity index (χ2v) is 4.39. The summed E-state index contributed by atoms with van der Waals surface area (Å²) >= 11 is 6.12. The van der Waals surface area contributed by atoms with Gasteiger partial charge in [-0.3, -0.25) is 0 Å². The fourth-order valence-corrected chi connectivity index (χ4v) is 1.90. The fraction of sp³-hybridized carbons (Fsp3) is 0.500. The van der Waals surface area contributed by atoms with Crippen LogP contribution in [-0.2, 0) is 0 Å². The molecule has 1 rings (SSSR count). The topological polar surface area (TPSA) is 26.0 Å². The predicted molar refractivity (Wildman–Crippen MR) is 63.8 cm³/mol. The minimum absolute atomic E-state index is 0.254. The molecule has 0 heterocycles. The molecule has 1 nitrogen and oxygen atoms in total. The minimum Gasteiger partial charge on any atom is -0.398 e. The average molecular weight is 212 g/mol. The number of hydrogen-bond donors (Lipinski definition) is 1. The van der Waals surface area contributed by atoms with Gasteiger partial charge in [0.2, 0.25) is 0 Å². The number of nitrogen functional groups attached to an aromatic ring is 1. The lowest BCUT2D eigenvalue weighted by atomic mass is 9.94. The lowest BCUT2D eigenvalue weighted by Crippen LogP contribution is -2.05. The van der Waals surface area contributed by atoms with Crippen molar-refractivity contribution in [3.8, 4) is 0 Å². The van der Waals surface area contributed by atoms with Crippen LogP contribution in [0.3, 0.4) is 0 Å². The van der Waals surface area contributed by atoms with E-state index in [4.69, 9.17) is 17.3 Å². The molecule has 0 aliphatic carbocycles. The average Bonchev–Trinajstić information content (AvgIpc) is 2.18. The van der Waals surface area contributed by atoms with Gasteiger partial charge in [0.1, 0.15) is 0 Å². The zero-order valence-corrected chi connectivity index (χ0v) is 9.59. The minimum atomic E-state index is 0.254. The van der Waals surface area contributed by atoms with Gasteiger partial charge in [-0.05, 0) is 30.4 Å². The van der Waals surface area contributed by atoms with Gasteiger partial charge in [0.05, 0.1) is 0 Å². The highest BCUT2D eigenvalue weighted by atomic mass is 35.5. The highest BCUT2D eigenvalue weighted by Crippen LogP contribution is 2.27. The first-order valence-electron chi connectivity index (χ1n) is 5.13. The Balaban J connectivity index is 2.69.